The number of halogens is 1. The summed E-state index contributed by atoms with van der Waals surface area (Å²) in [6.45, 7) is 11.3. The van der Waals surface area contributed by atoms with Gasteiger partial charge in [-0.15, -0.1) is 23.4 Å². The molecule has 0 spiro atoms. The lowest BCUT2D eigenvalue weighted by Gasteiger charge is -2.36. The maximum absolute atomic E-state index is 6.24. The summed E-state index contributed by atoms with van der Waals surface area (Å²) < 4.78 is 6.24. The Bertz CT molecular complexity index is 374. The molecular weight excluding hydrogens is 268 g/mol. The molecule has 0 saturated carbocycles. The number of benzene rings is 1. The van der Waals surface area contributed by atoms with Gasteiger partial charge in [0, 0.05) is 4.90 Å². The van der Waals surface area contributed by atoms with Crippen LogP contribution < -0.4 is 4.43 Å². The molecule has 0 atom stereocenters. The Labute approximate surface area is 115 Å². The summed E-state index contributed by atoms with van der Waals surface area (Å²) in [4.78, 5) is 1.16. The van der Waals surface area contributed by atoms with Crippen molar-refractivity contribution in [2.75, 3.05) is 5.21 Å². The highest BCUT2D eigenvalue weighted by Gasteiger charge is 2.38. The van der Waals surface area contributed by atoms with E-state index in [-0.39, 0.29) is 5.04 Å². The van der Waals surface area contributed by atoms with Crippen molar-refractivity contribution in [2.24, 2.45) is 0 Å². The highest BCUT2D eigenvalue weighted by atomic mass is 35.5. The third kappa shape index (κ3) is 4.23. The molecule has 96 valence electrons. The molecule has 0 aliphatic carbocycles. The Morgan fingerprint density at radius 2 is 1.94 bits per heavy atom. The second kappa shape index (κ2) is 5.68. The van der Waals surface area contributed by atoms with Crippen LogP contribution in [-0.2, 0) is 0 Å². The Balaban J connectivity index is 2.84. The molecule has 0 aliphatic heterocycles. The number of thioether (sulfide) groups is 1. The number of alkyl halides is 1. The lowest BCUT2D eigenvalue weighted by molar-refractivity contribution is 0.491. The SMILES string of the molecule is CC(C)(C)[Si](C)(C)Oc1cccc(SCCl)c1. The molecule has 4 heteroatoms. The standard InChI is InChI=1S/C13H21ClOSSi/c1-13(2,3)17(4,5)15-11-7-6-8-12(9-11)16-10-14/h6-9H,10H2,1-5H3. The van der Waals surface area contributed by atoms with Crippen molar-refractivity contribution in [3.05, 3.63) is 24.3 Å². The van der Waals surface area contributed by atoms with E-state index in [9.17, 15) is 0 Å². The van der Waals surface area contributed by atoms with Crippen LogP contribution >= 0.6 is 23.4 Å². The summed E-state index contributed by atoms with van der Waals surface area (Å²) in [6, 6.07) is 8.19. The predicted molar refractivity (Wildman–Crippen MR) is 80.8 cm³/mol. The molecule has 0 unspecified atom stereocenters. The molecule has 1 aromatic rings. The maximum Gasteiger partial charge on any atom is 0.250 e. The highest BCUT2D eigenvalue weighted by molar-refractivity contribution is 8.00. The van der Waals surface area contributed by atoms with E-state index >= 15 is 0 Å². The molecule has 0 aromatic heterocycles. The average Bonchev–Trinajstić information content (AvgIpc) is 2.16. The monoisotopic (exact) mass is 288 g/mol. The van der Waals surface area contributed by atoms with E-state index in [0.29, 0.717) is 5.21 Å². The van der Waals surface area contributed by atoms with E-state index in [1.165, 1.54) is 0 Å². The van der Waals surface area contributed by atoms with Crippen molar-refractivity contribution in [2.45, 2.75) is 43.8 Å². The molecule has 0 aliphatic rings. The first-order valence-corrected chi connectivity index (χ1v) is 10.2. The van der Waals surface area contributed by atoms with E-state index in [1.54, 1.807) is 11.8 Å². The zero-order valence-corrected chi connectivity index (χ0v) is 13.8. The number of hydrogen-bond acceptors (Lipinski definition) is 2. The van der Waals surface area contributed by atoms with Gasteiger partial charge in [0.1, 0.15) is 5.75 Å². The van der Waals surface area contributed by atoms with Gasteiger partial charge in [-0.3, -0.25) is 0 Å². The summed E-state index contributed by atoms with van der Waals surface area (Å²) >= 11 is 7.35. The lowest BCUT2D eigenvalue weighted by atomic mass is 10.2. The van der Waals surface area contributed by atoms with Crippen LogP contribution in [0.25, 0.3) is 0 Å². The summed E-state index contributed by atoms with van der Waals surface area (Å²) in [6.07, 6.45) is 0. The van der Waals surface area contributed by atoms with Crippen LogP contribution in [0.2, 0.25) is 18.1 Å². The Hall–Kier alpha value is -0.123. The molecule has 0 radical (unpaired) electrons. The topological polar surface area (TPSA) is 9.23 Å². The van der Waals surface area contributed by atoms with Crippen molar-refractivity contribution < 1.29 is 4.43 Å². The van der Waals surface area contributed by atoms with E-state index in [0.717, 1.165) is 10.6 Å². The largest absolute Gasteiger partial charge is 0.543 e. The van der Waals surface area contributed by atoms with Crippen LogP contribution in [0.1, 0.15) is 20.8 Å². The fourth-order valence-electron chi connectivity index (χ4n) is 1.14. The van der Waals surface area contributed by atoms with Crippen molar-refractivity contribution >= 4 is 31.7 Å². The molecule has 1 rings (SSSR count). The first kappa shape index (κ1) is 14.9. The van der Waals surface area contributed by atoms with Crippen LogP contribution in [0.3, 0.4) is 0 Å². The molecule has 0 heterocycles. The third-order valence-corrected chi connectivity index (χ3v) is 8.59. The van der Waals surface area contributed by atoms with E-state index in [1.807, 2.05) is 12.1 Å². The summed E-state index contributed by atoms with van der Waals surface area (Å²) in [5.41, 5.74) is 0. The van der Waals surface area contributed by atoms with E-state index < -0.39 is 8.32 Å². The van der Waals surface area contributed by atoms with Crippen LogP contribution in [0.15, 0.2) is 29.2 Å². The van der Waals surface area contributed by atoms with Gasteiger partial charge < -0.3 is 4.43 Å². The normalized spacial score (nSPS) is 12.6. The van der Waals surface area contributed by atoms with Gasteiger partial charge in [0.05, 0.1) is 5.21 Å². The number of hydrogen-bond donors (Lipinski definition) is 0. The van der Waals surface area contributed by atoms with Gasteiger partial charge in [-0.05, 0) is 36.3 Å². The Morgan fingerprint density at radius 1 is 1.29 bits per heavy atom. The minimum Gasteiger partial charge on any atom is -0.543 e. The third-order valence-electron chi connectivity index (χ3n) is 3.21. The molecule has 17 heavy (non-hydrogen) atoms. The molecule has 1 nitrogen and oxygen atoms in total. The fourth-order valence-corrected chi connectivity index (χ4v) is 3.04. The molecular formula is C13H21ClOSSi. The Morgan fingerprint density at radius 3 is 2.47 bits per heavy atom. The van der Waals surface area contributed by atoms with Gasteiger partial charge in [-0.25, -0.2) is 0 Å². The van der Waals surface area contributed by atoms with Crippen molar-refractivity contribution in [1.29, 1.82) is 0 Å². The van der Waals surface area contributed by atoms with Gasteiger partial charge in [0.25, 0.3) is 0 Å². The molecule has 0 saturated heterocycles. The first-order valence-electron chi connectivity index (χ1n) is 5.74. The van der Waals surface area contributed by atoms with Gasteiger partial charge in [-0.2, -0.15) is 0 Å². The van der Waals surface area contributed by atoms with E-state index in [4.69, 9.17) is 16.0 Å². The highest BCUT2D eigenvalue weighted by Crippen LogP contribution is 2.37. The summed E-state index contributed by atoms with van der Waals surface area (Å²) in [5.74, 6) is 0.965. The predicted octanol–water partition coefficient (Wildman–Crippen LogP) is 5.36. The van der Waals surface area contributed by atoms with Crippen molar-refractivity contribution in [3.8, 4) is 5.75 Å². The van der Waals surface area contributed by atoms with Crippen LogP contribution in [-0.4, -0.2) is 13.5 Å². The number of rotatable bonds is 4. The molecule has 0 amide bonds. The van der Waals surface area contributed by atoms with Crippen LogP contribution in [0.4, 0.5) is 0 Å². The molecule has 0 bridgehead atoms. The Kier molecular flexibility index (Phi) is 4.99. The second-order valence-electron chi connectivity index (χ2n) is 5.59. The summed E-state index contributed by atoms with van der Waals surface area (Å²) in [7, 11) is -1.73. The first-order chi connectivity index (χ1) is 7.76. The maximum atomic E-state index is 6.24. The zero-order valence-electron chi connectivity index (χ0n) is 11.2. The van der Waals surface area contributed by atoms with E-state index in [2.05, 4.69) is 46.0 Å². The molecule has 0 N–H and O–H groups in total. The zero-order chi connectivity index (χ0) is 13.1. The second-order valence-corrected chi connectivity index (χ2v) is 11.9. The minimum atomic E-state index is -1.73. The van der Waals surface area contributed by atoms with Crippen LogP contribution in [0.5, 0.6) is 5.75 Å². The van der Waals surface area contributed by atoms with Gasteiger partial charge in [0.15, 0.2) is 0 Å². The lowest BCUT2D eigenvalue weighted by Crippen LogP contribution is -2.43. The van der Waals surface area contributed by atoms with Gasteiger partial charge in [0.2, 0.25) is 8.32 Å². The quantitative estimate of drug-likeness (QED) is 0.419. The van der Waals surface area contributed by atoms with Crippen LogP contribution in [0, 0.1) is 0 Å². The fraction of sp³-hybridized carbons (Fsp3) is 0.538. The molecule has 1 aromatic carbocycles. The minimum absolute atomic E-state index is 0.225. The average molecular weight is 289 g/mol. The smallest absolute Gasteiger partial charge is 0.250 e. The van der Waals surface area contributed by atoms with Gasteiger partial charge >= 0.3 is 0 Å². The summed E-state index contributed by atoms with van der Waals surface area (Å²) in [5, 5.41) is 0.798. The molecule has 0 fully saturated rings. The van der Waals surface area contributed by atoms with Crippen molar-refractivity contribution in [3.63, 3.8) is 0 Å². The van der Waals surface area contributed by atoms with Crippen molar-refractivity contribution in [1.82, 2.24) is 0 Å². The van der Waals surface area contributed by atoms with Gasteiger partial charge in [-0.1, -0.05) is 26.8 Å².